The first-order valence-corrected chi connectivity index (χ1v) is 9.57. The van der Waals surface area contributed by atoms with Crippen LogP contribution >= 0.6 is 0 Å². The maximum atomic E-state index is 12.6. The number of sulfonamides is 1. The predicted molar refractivity (Wildman–Crippen MR) is 87.7 cm³/mol. The van der Waals surface area contributed by atoms with Crippen molar-refractivity contribution < 1.29 is 17.6 Å². The number of nitrogens with zero attached hydrogens (tertiary/aromatic N) is 1. The highest BCUT2D eigenvalue weighted by molar-refractivity contribution is 7.89. The molecule has 1 aliphatic rings. The van der Waals surface area contributed by atoms with Crippen molar-refractivity contribution in [1.29, 1.82) is 0 Å². The minimum Gasteiger partial charge on any atom is -0.438 e. The van der Waals surface area contributed by atoms with E-state index in [4.69, 9.17) is 4.42 Å². The molecule has 0 saturated carbocycles. The van der Waals surface area contributed by atoms with Crippen molar-refractivity contribution >= 4 is 15.9 Å². The van der Waals surface area contributed by atoms with Crippen LogP contribution in [0.2, 0.25) is 0 Å². The van der Waals surface area contributed by atoms with E-state index in [1.165, 1.54) is 12.1 Å². The molecule has 1 fully saturated rings. The second kappa shape index (κ2) is 6.65. The van der Waals surface area contributed by atoms with Crippen LogP contribution in [-0.4, -0.2) is 37.4 Å². The van der Waals surface area contributed by atoms with Gasteiger partial charge in [0.15, 0.2) is 5.76 Å². The van der Waals surface area contributed by atoms with Gasteiger partial charge in [-0.3, -0.25) is 4.79 Å². The number of amides is 1. The Morgan fingerprint density at radius 2 is 2.04 bits per heavy atom. The molecule has 0 bridgehead atoms. The van der Waals surface area contributed by atoms with E-state index in [0.29, 0.717) is 6.54 Å². The topological polar surface area (TPSA) is 79.6 Å². The largest absolute Gasteiger partial charge is 0.438 e. The SMILES string of the molecule is CC[C@@H]1CCCCN1C(=O)c1ccc(S(=O)(=O)NC(C)(C)C)o1. The van der Waals surface area contributed by atoms with Crippen molar-refractivity contribution in [3.63, 3.8) is 0 Å². The summed E-state index contributed by atoms with van der Waals surface area (Å²) in [5.41, 5.74) is -0.615. The fourth-order valence-corrected chi connectivity index (χ4v) is 4.22. The summed E-state index contributed by atoms with van der Waals surface area (Å²) in [4.78, 5) is 14.4. The summed E-state index contributed by atoms with van der Waals surface area (Å²) in [6.45, 7) is 8.00. The lowest BCUT2D eigenvalue weighted by Gasteiger charge is -2.34. The van der Waals surface area contributed by atoms with Crippen molar-refractivity contribution in [2.45, 2.75) is 70.1 Å². The minimum atomic E-state index is -3.77. The maximum absolute atomic E-state index is 12.6. The number of likely N-dealkylation sites (tertiary alicyclic amines) is 1. The molecule has 1 N–H and O–H groups in total. The minimum absolute atomic E-state index is 0.0830. The number of hydrogen-bond donors (Lipinski definition) is 1. The van der Waals surface area contributed by atoms with E-state index >= 15 is 0 Å². The van der Waals surface area contributed by atoms with Crippen LogP contribution in [0.4, 0.5) is 0 Å². The maximum Gasteiger partial charge on any atom is 0.289 e. The molecule has 0 aromatic carbocycles. The fourth-order valence-electron chi connectivity index (χ4n) is 2.87. The second-order valence-electron chi connectivity index (χ2n) is 7.03. The quantitative estimate of drug-likeness (QED) is 0.912. The molecular weight excluding hydrogens is 316 g/mol. The van der Waals surface area contributed by atoms with Gasteiger partial charge < -0.3 is 9.32 Å². The zero-order valence-corrected chi connectivity index (χ0v) is 15.1. The lowest BCUT2D eigenvalue weighted by atomic mass is 10.00. The van der Waals surface area contributed by atoms with Crippen LogP contribution in [0.3, 0.4) is 0 Å². The van der Waals surface area contributed by atoms with E-state index in [2.05, 4.69) is 11.6 Å². The van der Waals surface area contributed by atoms with Gasteiger partial charge in [0.05, 0.1) is 0 Å². The summed E-state index contributed by atoms with van der Waals surface area (Å²) in [6.07, 6.45) is 3.97. The van der Waals surface area contributed by atoms with Gasteiger partial charge in [-0.15, -0.1) is 0 Å². The number of hydrogen-bond acceptors (Lipinski definition) is 4. The molecule has 2 rings (SSSR count). The van der Waals surface area contributed by atoms with E-state index in [1.807, 2.05) is 0 Å². The van der Waals surface area contributed by atoms with Crippen LogP contribution in [0, 0.1) is 0 Å². The third-order valence-corrected chi connectivity index (χ3v) is 5.49. The summed E-state index contributed by atoms with van der Waals surface area (Å²) in [6, 6.07) is 2.99. The highest BCUT2D eigenvalue weighted by atomic mass is 32.2. The van der Waals surface area contributed by atoms with E-state index in [1.54, 1.807) is 25.7 Å². The summed E-state index contributed by atoms with van der Waals surface area (Å²) < 4.78 is 32.4. The van der Waals surface area contributed by atoms with Crippen LogP contribution in [-0.2, 0) is 10.0 Å². The zero-order chi connectivity index (χ0) is 17.3. The number of furan rings is 1. The Balaban J connectivity index is 2.20. The first-order chi connectivity index (χ1) is 10.6. The van der Waals surface area contributed by atoms with Crippen molar-refractivity contribution in [2.75, 3.05) is 6.54 Å². The van der Waals surface area contributed by atoms with Crippen LogP contribution in [0.25, 0.3) is 0 Å². The Morgan fingerprint density at radius 3 is 2.65 bits per heavy atom. The van der Waals surface area contributed by atoms with Gasteiger partial charge in [-0.1, -0.05) is 6.92 Å². The molecule has 0 radical (unpaired) electrons. The van der Waals surface area contributed by atoms with Gasteiger partial charge in [0, 0.05) is 18.1 Å². The predicted octanol–water partition coefficient (Wildman–Crippen LogP) is 2.76. The molecule has 1 atom stereocenters. The Bertz CT molecular complexity index is 658. The highest BCUT2D eigenvalue weighted by Crippen LogP contribution is 2.24. The summed E-state index contributed by atoms with van der Waals surface area (Å²) in [7, 11) is -3.77. The van der Waals surface area contributed by atoms with Crippen molar-refractivity contribution in [3.8, 4) is 0 Å². The molecule has 1 aromatic heterocycles. The standard InChI is InChI=1S/C16H26N2O4S/c1-5-12-8-6-7-11-18(12)15(19)13-9-10-14(22-13)23(20,21)17-16(2,3)4/h9-10,12,17H,5-8,11H2,1-4H3/t12-/m1/s1. The molecule has 6 nitrogen and oxygen atoms in total. The van der Waals surface area contributed by atoms with Gasteiger partial charge in [0.2, 0.25) is 5.09 Å². The molecule has 0 unspecified atom stereocenters. The molecule has 2 heterocycles. The molecule has 1 amide bonds. The first kappa shape index (κ1) is 18.0. The number of carbonyl (C=O) groups is 1. The Labute approximate surface area is 138 Å². The van der Waals surface area contributed by atoms with E-state index < -0.39 is 15.6 Å². The van der Waals surface area contributed by atoms with Crippen LogP contribution in [0.5, 0.6) is 0 Å². The fraction of sp³-hybridized carbons (Fsp3) is 0.688. The Morgan fingerprint density at radius 1 is 1.35 bits per heavy atom. The average molecular weight is 342 g/mol. The molecule has 130 valence electrons. The third-order valence-electron chi connectivity index (χ3n) is 3.86. The number of piperidine rings is 1. The van der Waals surface area contributed by atoms with E-state index in [9.17, 15) is 13.2 Å². The number of carbonyl (C=O) groups excluding carboxylic acids is 1. The van der Waals surface area contributed by atoms with Gasteiger partial charge in [-0.2, -0.15) is 0 Å². The zero-order valence-electron chi connectivity index (χ0n) is 14.3. The van der Waals surface area contributed by atoms with Gasteiger partial charge in [0.25, 0.3) is 15.9 Å². The molecule has 1 aliphatic heterocycles. The molecule has 7 heteroatoms. The number of nitrogens with one attached hydrogen (secondary N) is 1. The van der Waals surface area contributed by atoms with Crippen molar-refractivity contribution in [3.05, 3.63) is 17.9 Å². The van der Waals surface area contributed by atoms with Crippen LogP contribution in [0.15, 0.2) is 21.6 Å². The molecule has 1 saturated heterocycles. The van der Waals surface area contributed by atoms with Gasteiger partial charge in [-0.05, 0) is 58.6 Å². The summed E-state index contributed by atoms with van der Waals surface area (Å²) in [5, 5.41) is -0.221. The molecule has 23 heavy (non-hydrogen) atoms. The molecule has 1 aromatic rings. The highest BCUT2D eigenvalue weighted by Gasteiger charge is 2.30. The van der Waals surface area contributed by atoms with E-state index in [0.717, 1.165) is 25.7 Å². The number of rotatable bonds is 4. The molecule has 0 spiro atoms. The molecular formula is C16H26N2O4S. The Kier molecular flexibility index (Phi) is 5.20. The lowest BCUT2D eigenvalue weighted by Crippen LogP contribution is -2.43. The van der Waals surface area contributed by atoms with Crippen molar-refractivity contribution in [2.24, 2.45) is 0 Å². The van der Waals surface area contributed by atoms with Gasteiger partial charge in [-0.25, -0.2) is 13.1 Å². The first-order valence-electron chi connectivity index (χ1n) is 8.09. The van der Waals surface area contributed by atoms with Gasteiger partial charge >= 0.3 is 0 Å². The normalized spacial score (nSPS) is 19.8. The smallest absolute Gasteiger partial charge is 0.289 e. The van der Waals surface area contributed by atoms with Crippen LogP contribution in [0.1, 0.15) is 63.9 Å². The van der Waals surface area contributed by atoms with E-state index in [-0.39, 0.29) is 22.8 Å². The third kappa shape index (κ3) is 4.35. The summed E-state index contributed by atoms with van der Waals surface area (Å²) in [5.74, 6) is -0.145. The monoisotopic (exact) mass is 342 g/mol. The lowest BCUT2D eigenvalue weighted by molar-refractivity contribution is 0.0570. The van der Waals surface area contributed by atoms with Crippen molar-refractivity contribution in [1.82, 2.24) is 9.62 Å². The van der Waals surface area contributed by atoms with Gasteiger partial charge in [0.1, 0.15) is 0 Å². The average Bonchev–Trinajstić information content (AvgIpc) is 2.94. The second-order valence-corrected chi connectivity index (χ2v) is 8.64. The summed E-state index contributed by atoms with van der Waals surface area (Å²) >= 11 is 0. The molecule has 0 aliphatic carbocycles. The van der Waals surface area contributed by atoms with Crippen LogP contribution < -0.4 is 4.72 Å². The Hall–Kier alpha value is -1.34.